The summed E-state index contributed by atoms with van der Waals surface area (Å²) in [6, 6.07) is 0. The molecule has 0 spiro atoms. The van der Waals surface area contributed by atoms with Crippen LogP contribution < -0.4 is 0 Å². The molecule has 0 rings (SSSR count). The van der Waals surface area contributed by atoms with Gasteiger partial charge in [0.1, 0.15) is 0 Å². The molecule has 2 heteroatoms. The van der Waals surface area contributed by atoms with Crippen molar-refractivity contribution in [2.45, 2.75) is 175 Å². The van der Waals surface area contributed by atoms with E-state index in [2.05, 4.69) is 27.7 Å². The van der Waals surface area contributed by atoms with Gasteiger partial charge >= 0.3 is 5.97 Å². The Balaban J connectivity index is 4.36. The van der Waals surface area contributed by atoms with E-state index in [1.807, 2.05) is 0 Å². The minimum atomic E-state index is -0.504. The predicted molar refractivity (Wildman–Crippen MR) is 142 cm³/mol. The first kappa shape index (κ1) is 31.5. The van der Waals surface area contributed by atoms with Gasteiger partial charge in [-0.1, -0.05) is 150 Å². The smallest absolute Gasteiger partial charge is 0.309 e. The summed E-state index contributed by atoms with van der Waals surface area (Å²) >= 11 is 0. The van der Waals surface area contributed by atoms with Crippen LogP contribution in [0.5, 0.6) is 0 Å². The Morgan fingerprint density at radius 3 is 1.25 bits per heavy atom. The van der Waals surface area contributed by atoms with Crippen LogP contribution in [0.25, 0.3) is 0 Å². The van der Waals surface area contributed by atoms with E-state index in [4.69, 9.17) is 0 Å². The van der Waals surface area contributed by atoms with Gasteiger partial charge in [-0.2, -0.15) is 0 Å². The lowest BCUT2D eigenvalue weighted by atomic mass is 9.65. The number of unbranched alkanes of at least 4 members (excludes halogenated alkanes) is 15. The summed E-state index contributed by atoms with van der Waals surface area (Å²) in [7, 11) is 0. The molecule has 0 amide bonds. The zero-order valence-corrected chi connectivity index (χ0v) is 22.7. The average molecular weight is 453 g/mol. The van der Waals surface area contributed by atoms with Crippen molar-refractivity contribution in [3.05, 3.63) is 0 Å². The molecule has 0 saturated carbocycles. The van der Waals surface area contributed by atoms with Crippen molar-refractivity contribution < 1.29 is 9.90 Å². The molecule has 0 aromatic heterocycles. The number of hydrogen-bond acceptors (Lipinski definition) is 1. The summed E-state index contributed by atoms with van der Waals surface area (Å²) in [5, 5.41) is 10.4. The Morgan fingerprint density at radius 1 is 0.531 bits per heavy atom. The fraction of sp³-hybridized carbons (Fsp3) is 0.967. The third-order valence-electron chi connectivity index (χ3n) is 7.72. The number of carbonyl (C=O) groups is 1. The molecule has 1 N–H and O–H groups in total. The van der Waals surface area contributed by atoms with Crippen LogP contribution in [-0.2, 0) is 4.79 Å². The first-order valence-electron chi connectivity index (χ1n) is 14.8. The van der Waals surface area contributed by atoms with Gasteiger partial charge in [-0.05, 0) is 31.6 Å². The van der Waals surface area contributed by atoms with Crippen molar-refractivity contribution in [1.82, 2.24) is 0 Å². The van der Waals surface area contributed by atoms with Gasteiger partial charge in [0.25, 0.3) is 0 Å². The minimum absolute atomic E-state index is 0.366. The molecule has 0 saturated heterocycles. The Bertz CT molecular complexity index is 396. The van der Waals surface area contributed by atoms with E-state index < -0.39 is 11.4 Å². The topological polar surface area (TPSA) is 37.3 Å². The van der Waals surface area contributed by atoms with Crippen LogP contribution in [0.3, 0.4) is 0 Å². The van der Waals surface area contributed by atoms with Gasteiger partial charge in [-0.15, -0.1) is 0 Å². The maximum Gasteiger partial charge on any atom is 0.309 e. The van der Waals surface area contributed by atoms with E-state index in [-0.39, 0.29) is 0 Å². The zero-order chi connectivity index (χ0) is 23.9. The van der Waals surface area contributed by atoms with E-state index in [0.29, 0.717) is 5.92 Å². The van der Waals surface area contributed by atoms with Crippen LogP contribution in [0.1, 0.15) is 175 Å². The number of carboxylic acids is 1. The Morgan fingerprint density at radius 2 is 0.875 bits per heavy atom. The quantitative estimate of drug-likeness (QED) is 0.140. The lowest BCUT2D eigenvalue weighted by Gasteiger charge is -2.38. The van der Waals surface area contributed by atoms with Crippen molar-refractivity contribution in [3.8, 4) is 0 Å². The van der Waals surface area contributed by atoms with E-state index in [9.17, 15) is 9.90 Å². The highest BCUT2D eigenvalue weighted by Crippen LogP contribution is 2.44. The SMILES string of the molecule is CCCCCCCCCCCCCCCC(CCCC)C(CCCC)(CCCC)C(=O)O. The molecule has 0 aromatic carbocycles. The summed E-state index contributed by atoms with van der Waals surface area (Å²) in [5.74, 6) is -0.138. The van der Waals surface area contributed by atoms with Gasteiger partial charge in [0.05, 0.1) is 5.41 Å². The second-order valence-electron chi connectivity index (χ2n) is 10.5. The predicted octanol–water partition coefficient (Wildman–Crippen LogP) is 10.7. The van der Waals surface area contributed by atoms with Crippen molar-refractivity contribution in [2.75, 3.05) is 0 Å². The summed E-state index contributed by atoms with van der Waals surface area (Å²) in [6.07, 6.45) is 28.5. The molecule has 1 atom stereocenters. The van der Waals surface area contributed by atoms with E-state index in [1.165, 1.54) is 96.3 Å². The fourth-order valence-electron chi connectivity index (χ4n) is 5.46. The standard InChI is InChI=1S/C30H60O2/c1-5-9-13-14-15-16-17-18-19-20-21-22-23-25-28(24-10-6-2)30(29(31)32,26-11-7-3)27-12-8-4/h28H,5-27H2,1-4H3,(H,31,32). The Kier molecular flexibility index (Phi) is 21.9. The summed E-state index contributed by atoms with van der Waals surface area (Å²) in [6.45, 7) is 8.91. The van der Waals surface area contributed by atoms with Gasteiger partial charge in [0, 0.05) is 0 Å². The van der Waals surface area contributed by atoms with Crippen molar-refractivity contribution in [2.24, 2.45) is 11.3 Å². The highest BCUT2D eigenvalue weighted by molar-refractivity contribution is 5.75. The third-order valence-corrected chi connectivity index (χ3v) is 7.72. The largest absolute Gasteiger partial charge is 0.481 e. The molecule has 1 unspecified atom stereocenters. The summed E-state index contributed by atoms with van der Waals surface area (Å²) in [4.78, 5) is 12.6. The molecule has 0 aliphatic carbocycles. The average Bonchev–Trinajstić information content (AvgIpc) is 2.79. The first-order valence-corrected chi connectivity index (χ1v) is 14.8. The summed E-state index contributed by atoms with van der Waals surface area (Å²) < 4.78 is 0. The van der Waals surface area contributed by atoms with E-state index in [0.717, 1.165) is 51.4 Å². The normalized spacial score (nSPS) is 12.9. The molecule has 0 fully saturated rings. The zero-order valence-electron chi connectivity index (χ0n) is 22.7. The molecule has 0 heterocycles. The maximum absolute atomic E-state index is 12.6. The minimum Gasteiger partial charge on any atom is -0.481 e. The number of hydrogen-bond donors (Lipinski definition) is 1. The summed E-state index contributed by atoms with van der Waals surface area (Å²) in [5.41, 5.74) is -0.474. The molecule has 0 aliphatic rings. The molecule has 32 heavy (non-hydrogen) atoms. The van der Waals surface area contributed by atoms with Gasteiger partial charge in [0.2, 0.25) is 0 Å². The second-order valence-corrected chi connectivity index (χ2v) is 10.5. The molecule has 0 radical (unpaired) electrons. The van der Waals surface area contributed by atoms with Crippen LogP contribution in [0.4, 0.5) is 0 Å². The van der Waals surface area contributed by atoms with E-state index in [1.54, 1.807) is 0 Å². The van der Waals surface area contributed by atoms with Crippen LogP contribution in [0, 0.1) is 11.3 Å². The molecule has 0 bridgehead atoms. The second kappa shape index (κ2) is 22.3. The van der Waals surface area contributed by atoms with Gasteiger partial charge in [-0.3, -0.25) is 4.79 Å². The van der Waals surface area contributed by atoms with Gasteiger partial charge in [-0.25, -0.2) is 0 Å². The van der Waals surface area contributed by atoms with Crippen LogP contribution >= 0.6 is 0 Å². The van der Waals surface area contributed by atoms with Gasteiger partial charge < -0.3 is 5.11 Å². The van der Waals surface area contributed by atoms with Crippen molar-refractivity contribution >= 4 is 5.97 Å². The number of aliphatic carboxylic acids is 1. The highest BCUT2D eigenvalue weighted by Gasteiger charge is 2.43. The highest BCUT2D eigenvalue weighted by atomic mass is 16.4. The Labute approximate surface area is 202 Å². The molecule has 192 valence electrons. The molecule has 0 aliphatic heterocycles. The van der Waals surface area contributed by atoms with Crippen LogP contribution in [-0.4, -0.2) is 11.1 Å². The molecular weight excluding hydrogens is 392 g/mol. The number of carboxylic acid groups (broad SMARTS) is 1. The number of rotatable bonds is 25. The monoisotopic (exact) mass is 452 g/mol. The van der Waals surface area contributed by atoms with Crippen LogP contribution in [0.2, 0.25) is 0 Å². The van der Waals surface area contributed by atoms with Crippen molar-refractivity contribution in [3.63, 3.8) is 0 Å². The third kappa shape index (κ3) is 14.6. The molecular formula is C30H60O2. The van der Waals surface area contributed by atoms with E-state index >= 15 is 0 Å². The Hall–Kier alpha value is -0.530. The first-order chi connectivity index (χ1) is 15.6. The maximum atomic E-state index is 12.6. The lowest BCUT2D eigenvalue weighted by Crippen LogP contribution is -2.39. The fourth-order valence-corrected chi connectivity index (χ4v) is 5.46. The van der Waals surface area contributed by atoms with Gasteiger partial charge in [0.15, 0.2) is 0 Å². The lowest BCUT2D eigenvalue weighted by molar-refractivity contribution is -0.155. The molecule has 0 aromatic rings. The van der Waals surface area contributed by atoms with Crippen molar-refractivity contribution in [1.29, 1.82) is 0 Å². The molecule has 2 nitrogen and oxygen atoms in total. The van der Waals surface area contributed by atoms with Crippen LogP contribution in [0.15, 0.2) is 0 Å².